The first kappa shape index (κ1) is 26.8. The quantitative estimate of drug-likeness (QED) is 0.208. The Morgan fingerprint density at radius 2 is 2.08 bits per heavy atom. The predicted molar refractivity (Wildman–Crippen MR) is 142 cm³/mol. The molecule has 9 nitrogen and oxygen atoms in total. The van der Waals surface area contributed by atoms with Gasteiger partial charge in [-0.15, -0.1) is 0 Å². The van der Waals surface area contributed by atoms with Crippen LogP contribution < -0.4 is 10.4 Å². The van der Waals surface area contributed by atoms with Gasteiger partial charge >= 0.3 is 5.69 Å². The molecule has 0 N–H and O–H groups in total. The molecule has 1 aliphatic heterocycles. The molecule has 1 saturated heterocycles. The fourth-order valence-electron chi connectivity index (χ4n) is 5.57. The van der Waals surface area contributed by atoms with Gasteiger partial charge in [-0.2, -0.15) is 10.2 Å². The van der Waals surface area contributed by atoms with E-state index in [4.69, 9.17) is 25.2 Å². The lowest BCUT2D eigenvalue weighted by molar-refractivity contribution is -0.00895. The molecular weight excluding hydrogens is 491 g/mol. The van der Waals surface area contributed by atoms with Crippen LogP contribution in [0.15, 0.2) is 23.1 Å². The third-order valence-electron chi connectivity index (χ3n) is 7.32. The molecular formula is C27H41N4O5P. The van der Waals surface area contributed by atoms with E-state index in [1.165, 1.54) is 11.0 Å². The van der Waals surface area contributed by atoms with Crippen molar-refractivity contribution in [1.82, 2.24) is 14.2 Å². The SMILES string of the molecule is [2H]C[C@H]1O[C@@H](n2cc(C)c(OCC3CC4C=CC3C4)nc2=O)CC1OP(OCCC#N)N(C(C)C)C(C)C. The van der Waals surface area contributed by atoms with Crippen molar-refractivity contribution in [2.75, 3.05) is 13.2 Å². The highest BCUT2D eigenvalue weighted by molar-refractivity contribution is 7.44. The molecule has 2 aliphatic carbocycles. The van der Waals surface area contributed by atoms with E-state index in [9.17, 15) is 4.79 Å². The van der Waals surface area contributed by atoms with Crippen LogP contribution in [0.2, 0.25) is 0 Å². The Morgan fingerprint density at radius 1 is 1.30 bits per heavy atom. The van der Waals surface area contributed by atoms with Crippen LogP contribution in [-0.2, 0) is 13.8 Å². The Kier molecular flexibility index (Phi) is 8.94. The van der Waals surface area contributed by atoms with Crippen LogP contribution >= 0.6 is 8.53 Å². The summed E-state index contributed by atoms with van der Waals surface area (Å²) in [6, 6.07) is 2.43. The van der Waals surface area contributed by atoms with Crippen molar-refractivity contribution in [3.63, 3.8) is 0 Å². The highest BCUT2D eigenvalue weighted by Gasteiger charge is 2.40. The summed E-state index contributed by atoms with van der Waals surface area (Å²) >= 11 is 0. The molecule has 0 radical (unpaired) electrons. The molecule has 2 fully saturated rings. The molecule has 204 valence electrons. The minimum atomic E-state index is -1.49. The maximum absolute atomic E-state index is 13.0. The van der Waals surface area contributed by atoms with Gasteiger partial charge in [0.05, 0.1) is 37.9 Å². The largest absolute Gasteiger partial charge is 0.477 e. The standard InChI is InChI=1S/C27H41N4O5P/c1-17(2)31(18(3)4)37(34-11-7-10-28)36-24-14-25(35-20(24)6)30-15-19(5)26(29-27(30)32)33-16-23-13-21-8-9-22(23)12-21/h8-9,15,17-18,20-25H,7,11-14,16H2,1-6H3/t20-,21?,22?,23?,24?,25-,37?/m1/s1/i6D. The van der Waals surface area contributed by atoms with Crippen molar-refractivity contribution in [1.29, 1.82) is 5.26 Å². The lowest BCUT2D eigenvalue weighted by Gasteiger charge is -2.37. The predicted octanol–water partition coefficient (Wildman–Crippen LogP) is 5.11. The highest BCUT2D eigenvalue weighted by Crippen LogP contribution is 2.50. The monoisotopic (exact) mass is 533 g/mol. The summed E-state index contributed by atoms with van der Waals surface area (Å²) in [5.74, 6) is 2.09. The van der Waals surface area contributed by atoms with E-state index in [2.05, 4.69) is 55.6 Å². The van der Waals surface area contributed by atoms with E-state index in [1.807, 2.05) is 6.92 Å². The van der Waals surface area contributed by atoms with Crippen LogP contribution in [0.5, 0.6) is 5.88 Å². The molecule has 2 bridgehead atoms. The van der Waals surface area contributed by atoms with E-state index in [1.54, 1.807) is 6.20 Å². The zero-order valence-corrected chi connectivity index (χ0v) is 23.5. The number of allylic oxidation sites excluding steroid dienone is 2. The zero-order valence-electron chi connectivity index (χ0n) is 23.6. The van der Waals surface area contributed by atoms with Gasteiger partial charge < -0.3 is 18.5 Å². The number of hydrogen-bond acceptors (Lipinski definition) is 8. The van der Waals surface area contributed by atoms with Gasteiger partial charge in [0.1, 0.15) is 6.23 Å². The lowest BCUT2D eigenvalue weighted by Crippen LogP contribution is -2.35. The summed E-state index contributed by atoms with van der Waals surface area (Å²) in [6.07, 6.45) is 7.80. The fourth-order valence-corrected chi connectivity index (χ4v) is 7.33. The fraction of sp³-hybridized carbons (Fsp3) is 0.741. The summed E-state index contributed by atoms with van der Waals surface area (Å²) in [5, 5.41) is 8.97. The Balaban J connectivity index is 1.44. The Hall–Kier alpha value is -1.82. The third-order valence-corrected chi connectivity index (χ3v) is 9.47. The van der Waals surface area contributed by atoms with E-state index in [0.29, 0.717) is 36.7 Å². The van der Waals surface area contributed by atoms with Gasteiger partial charge in [0, 0.05) is 31.6 Å². The van der Waals surface area contributed by atoms with Crippen LogP contribution in [0.4, 0.5) is 0 Å². The van der Waals surface area contributed by atoms with Gasteiger partial charge in [0.25, 0.3) is 8.53 Å². The molecule has 0 spiro atoms. The third kappa shape index (κ3) is 6.61. The summed E-state index contributed by atoms with van der Waals surface area (Å²) in [6.45, 7) is 11.0. The van der Waals surface area contributed by atoms with Gasteiger partial charge in [-0.3, -0.25) is 4.57 Å². The number of fused-ring (bicyclic) bond motifs is 2. The van der Waals surface area contributed by atoms with Crippen molar-refractivity contribution in [2.45, 2.75) is 97.7 Å². The molecule has 7 atom stereocenters. The molecule has 1 aromatic heterocycles. The van der Waals surface area contributed by atoms with Crippen molar-refractivity contribution < 1.29 is 19.9 Å². The summed E-state index contributed by atoms with van der Waals surface area (Å²) in [7, 11) is -1.49. The maximum Gasteiger partial charge on any atom is 0.352 e. The van der Waals surface area contributed by atoms with Crippen LogP contribution in [0, 0.1) is 36.0 Å². The molecule has 10 heteroatoms. The number of rotatable bonds is 12. The van der Waals surface area contributed by atoms with Gasteiger partial charge in [-0.1, -0.05) is 12.2 Å². The average Bonchev–Trinajstić information content (AvgIpc) is 3.60. The normalized spacial score (nSPS) is 29.9. The number of aromatic nitrogens is 2. The Labute approximate surface area is 223 Å². The molecule has 4 rings (SSSR count). The average molecular weight is 534 g/mol. The number of aryl methyl sites for hydroxylation is 1. The molecule has 37 heavy (non-hydrogen) atoms. The number of hydrogen-bond donors (Lipinski definition) is 0. The summed E-state index contributed by atoms with van der Waals surface area (Å²) in [4.78, 5) is 17.3. The van der Waals surface area contributed by atoms with Gasteiger partial charge in [0.2, 0.25) is 5.88 Å². The van der Waals surface area contributed by atoms with Crippen molar-refractivity contribution in [2.24, 2.45) is 17.8 Å². The molecule has 1 saturated carbocycles. The Bertz CT molecular complexity index is 1070. The number of nitriles is 1. The van der Waals surface area contributed by atoms with E-state index >= 15 is 0 Å². The zero-order chi connectivity index (χ0) is 27.4. The Morgan fingerprint density at radius 3 is 2.70 bits per heavy atom. The van der Waals surface area contributed by atoms with Gasteiger partial charge in [-0.25, -0.2) is 9.46 Å². The molecule has 0 amide bonds. The summed E-state index contributed by atoms with van der Waals surface area (Å²) in [5.41, 5.74) is 0.331. The van der Waals surface area contributed by atoms with Gasteiger partial charge in [0.15, 0.2) is 0 Å². The van der Waals surface area contributed by atoms with Gasteiger partial charge in [-0.05, 0) is 72.1 Å². The van der Waals surface area contributed by atoms with Crippen LogP contribution in [0.25, 0.3) is 0 Å². The second kappa shape index (κ2) is 12.4. The molecule has 5 unspecified atom stereocenters. The second-order valence-corrected chi connectivity index (χ2v) is 12.2. The van der Waals surface area contributed by atoms with Crippen LogP contribution in [0.1, 0.15) is 73.4 Å². The van der Waals surface area contributed by atoms with Crippen molar-refractivity contribution in [3.8, 4) is 11.9 Å². The van der Waals surface area contributed by atoms with E-state index in [0.717, 1.165) is 12.0 Å². The molecule has 2 heterocycles. The van der Waals surface area contributed by atoms with Crippen LogP contribution in [0.3, 0.4) is 0 Å². The molecule has 3 aliphatic rings. The maximum atomic E-state index is 13.0. The smallest absolute Gasteiger partial charge is 0.352 e. The molecule has 0 aromatic carbocycles. The molecule has 1 aromatic rings. The van der Waals surface area contributed by atoms with Crippen molar-refractivity contribution in [3.05, 3.63) is 34.4 Å². The van der Waals surface area contributed by atoms with Crippen LogP contribution in [-0.4, -0.2) is 51.7 Å². The first-order chi connectivity index (χ1) is 18.2. The number of nitrogens with zero attached hydrogens (tertiary/aromatic N) is 4. The topological polar surface area (TPSA) is 98.8 Å². The lowest BCUT2D eigenvalue weighted by atomic mass is 9.95. The highest BCUT2D eigenvalue weighted by atomic mass is 31.2. The van der Waals surface area contributed by atoms with E-state index in [-0.39, 0.29) is 32.0 Å². The van der Waals surface area contributed by atoms with Crippen molar-refractivity contribution >= 4 is 8.53 Å². The minimum Gasteiger partial charge on any atom is -0.477 e. The van der Waals surface area contributed by atoms with E-state index < -0.39 is 32.7 Å². The first-order valence-electron chi connectivity index (χ1n) is 14.0. The number of ether oxygens (including phenoxy) is 2. The second-order valence-electron chi connectivity index (χ2n) is 10.8. The first-order valence-corrected chi connectivity index (χ1v) is 14.4. The minimum absolute atomic E-state index is 0.00769. The summed E-state index contributed by atoms with van der Waals surface area (Å²) < 4.78 is 36.3.